The number of hydrogen-bond donors (Lipinski definition) is 0. The third-order valence-electron chi connectivity index (χ3n) is 5.92. The highest BCUT2D eigenvalue weighted by Crippen LogP contribution is 2.53. The average Bonchev–Trinajstić information content (AvgIpc) is 3.01. The Labute approximate surface area is 124 Å². The molecule has 0 N–H and O–H groups in total. The highest BCUT2D eigenvalue weighted by Gasteiger charge is 2.46. The maximum Gasteiger partial charge on any atom is 0.0580 e. The lowest BCUT2D eigenvalue weighted by Crippen LogP contribution is -2.25. The second kappa shape index (κ2) is 6.79. The summed E-state index contributed by atoms with van der Waals surface area (Å²) >= 11 is 0. The van der Waals surface area contributed by atoms with Crippen LogP contribution in [0.3, 0.4) is 0 Å². The predicted octanol–water partition coefficient (Wildman–Crippen LogP) is 4.42. The Morgan fingerprint density at radius 2 is 0.950 bits per heavy atom. The van der Waals surface area contributed by atoms with Gasteiger partial charge in [-0.2, -0.15) is 0 Å². The van der Waals surface area contributed by atoms with E-state index < -0.39 is 0 Å². The fraction of sp³-hybridized carbons (Fsp3) is 1.00. The van der Waals surface area contributed by atoms with Gasteiger partial charge in [-0.3, -0.25) is 0 Å². The molecule has 3 aliphatic rings. The van der Waals surface area contributed by atoms with E-state index in [0.717, 1.165) is 49.7 Å². The van der Waals surface area contributed by atoms with Crippen molar-refractivity contribution in [2.24, 2.45) is 23.7 Å². The Bertz CT molecular complexity index is 254. The topological polar surface area (TPSA) is 18.5 Å². The number of fused-ring (bicyclic) bond motifs is 2. The van der Waals surface area contributed by atoms with Gasteiger partial charge in [-0.25, -0.2) is 0 Å². The summed E-state index contributed by atoms with van der Waals surface area (Å²) in [6.07, 6.45) is 11.8. The quantitative estimate of drug-likeness (QED) is 0.717. The molecule has 3 fully saturated rings. The van der Waals surface area contributed by atoms with Gasteiger partial charge in [0, 0.05) is 13.2 Å². The molecular weight excluding hydrogens is 248 g/mol. The average molecular weight is 280 g/mol. The van der Waals surface area contributed by atoms with Crippen molar-refractivity contribution < 1.29 is 9.47 Å². The van der Waals surface area contributed by atoms with Gasteiger partial charge in [-0.15, -0.1) is 0 Å². The van der Waals surface area contributed by atoms with Gasteiger partial charge in [0.25, 0.3) is 0 Å². The zero-order chi connectivity index (χ0) is 13.9. The van der Waals surface area contributed by atoms with Crippen LogP contribution in [-0.2, 0) is 9.47 Å². The maximum atomic E-state index is 6.02. The normalized spacial score (nSPS) is 43.5. The van der Waals surface area contributed by atoms with E-state index in [4.69, 9.17) is 9.47 Å². The van der Waals surface area contributed by atoms with Crippen molar-refractivity contribution in [3.8, 4) is 0 Å². The zero-order valence-electron chi connectivity index (χ0n) is 13.4. The van der Waals surface area contributed by atoms with Crippen LogP contribution < -0.4 is 0 Å². The minimum absolute atomic E-state index is 0.580. The molecule has 0 saturated heterocycles. The molecule has 4 atom stereocenters. The van der Waals surface area contributed by atoms with Crippen molar-refractivity contribution in [1.82, 2.24) is 0 Å². The van der Waals surface area contributed by atoms with E-state index in [9.17, 15) is 0 Å². The Morgan fingerprint density at radius 1 is 0.600 bits per heavy atom. The van der Waals surface area contributed by atoms with Gasteiger partial charge in [0.2, 0.25) is 0 Å². The largest absolute Gasteiger partial charge is 0.378 e. The first-order valence-electron chi connectivity index (χ1n) is 9.03. The second-order valence-corrected chi connectivity index (χ2v) is 7.44. The van der Waals surface area contributed by atoms with Gasteiger partial charge in [-0.05, 0) is 75.0 Å². The van der Waals surface area contributed by atoms with E-state index in [-0.39, 0.29) is 0 Å². The van der Waals surface area contributed by atoms with Gasteiger partial charge in [-0.1, -0.05) is 13.8 Å². The molecule has 0 spiro atoms. The van der Waals surface area contributed by atoms with Gasteiger partial charge >= 0.3 is 0 Å². The minimum atomic E-state index is 0.580. The SMILES string of the molecule is CCCOC1CC2CC3CC(OCCC)CC3CC2C1. The van der Waals surface area contributed by atoms with E-state index in [1.54, 1.807) is 0 Å². The van der Waals surface area contributed by atoms with E-state index in [1.807, 2.05) is 0 Å². The van der Waals surface area contributed by atoms with Gasteiger partial charge < -0.3 is 9.47 Å². The van der Waals surface area contributed by atoms with Crippen LogP contribution in [0.2, 0.25) is 0 Å². The van der Waals surface area contributed by atoms with Crippen molar-refractivity contribution in [2.75, 3.05) is 13.2 Å². The minimum Gasteiger partial charge on any atom is -0.378 e. The van der Waals surface area contributed by atoms with Gasteiger partial charge in [0.1, 0.15) is 0 Å². The standard InChI is InChI=1S/C18H32O2/c1-3-5-19-17-9-13-7-15-11-18(20-6-4-2)12-16(15)8-14(13)10-17/h13-18H,3-12H2,1-2H3. The maximum absolute atomic E-state index is 6.02. The van der Waals surface area contributed by atoms with Crippen LogP contribution in [0.4, 0.5) is 0 Å². The first kappa shape index (κ1) is 14.8. The fourth-order valence-corrected chi connectivity index (χ4v) is 5.09. The van der Waals surface area contributed by atoms with E-state index in [0.29, 0.717) is 12.2 Å². The van der Waals surface area contributed by atoms with Crippen LogP contribution in [0.5, 0.6) is 0 Å². The smallest absolute Gasteiger partial charge is 0.0580 e. The van der Waals surface area contributed by atoms with Crippen molar-refractivity contribution in [3.05, 3.63) is 0 Å². The van der Waals surface area contributed by atoms with E-state index in [2.05, 4.69) is 13.8 Å². The van der Waals surface area contributed by atoms with Crippen LogP contribution in [0.1, 0.15) is 65.2 Å². The molecule has 0 aliphatic heterocycles. The van der Waals surface area contributed by atoms with Crippen LogP contribution in [0.25, 0.3) is 0 Å². The molecule has 2 heteroatoms. The summed E-state index contributed by atoms with van der Waals surface area (Å²) in [5.74, 6) is 3.84. The third kappa shape index (κ3) is 3.22. The summed E-state index contributed by atoms with van der Waals surface area (Å²) in [4.78, 5) is 0. The highest BCUT2D eigenvalue weighted by atomic mass is 16.5. The van der Waals surface area contributed by atoms with Gasteiger partial charge in [0.05, 0.1) is 12.2 Å². The Balaban J connectivity index is 1.48. The van der Waals surface area contributed by atoms with Crippen LogP contribution in [0, 0.1) is 23.7 Å². The highest BCUT2D eigenvalue weighted by molar-refractivity contribution is 4.97. The molecule has 0 aromatic heterocycles. The van der Waals surface area contributed by atoms with Crippen LogP contribution in [-0.4, -0.2) is 25.4 Å². The van der Waals surface area contributed by atoms with Crippen molar-refractivity contribution in [2.45, 2.75) is 77.4 Å². The first-order chi connectivity index (χ1) is 9.80. The Morgan fingerprint density at radius 3 is 1.25 bits per heavy atom. The summed E-state index contributed by atoms with van der Waals surface area (Å²) < 4.78 is 12.0. The molecule has 3 rings (SSSR count). The Kier molecular flexibility index (Phi) is 5.04. The molecule has 4 unspecified atom stereocenters. The van der Waals surface area contributed by atoms with Crippen molar-refractivity contribution >= 4 is 0 Å². The lowest BCUT2D eigenvalue weighted by molar-refractivity contribution is 0.0506. The van der Waals surface area contributed by atoms with Crippen molar-refractivity contribution in [3.63, 3.8) is 0 Å². The summed E-state index contributed by atoms with van der Waals surface area (Å²) in [5.41, 5.74) is 0. The lowest BCUT2D eigenvalue weighted by atomic mass is 9.71. The third-order valence-corrected chi connectivity index (χ3v) is 5.92. The molecule has 0 heterocycles. The molecule has 2 nitrogen and oxygen atoms in total. The van der Waals surface area contributed by atoms with Crippen molar-refractivity contribution in [1.29, 1.82) is 0 Å². The molecule has 0 amide bonds. The molecule has 20 heavy (non-hydrogen) atoms. The molecule has 0 bridgehead atoms. The molecule has 0 aromatic carbocycles. The molecule has 0 aromatic rings. The number of rotatable bonds is 6. The molecule has 0 radical (unpaired) electrons. The predicted molar refractivity (Wildman–Crippen MR) is 81.7 cm³/mol. The fourth-order valence-electron chi connectivity index (χ4n) is 5.09. The first-order valence-corrected chi connectivity index (χ1v) is 9.03. The van der Waals surface area contributed by atoms with Crippen LogP contribution in [0.15, 0.2) is 0 Å². The molecule has 116 valence electrons. The van der Waals surface area contributed by atoms with E-state index >= 15 is 0 Å². The second-order valence-electron chi connectivity index (χ2n) is 7.44. The summed E-state index contributed by atoms with van der Waals surface area (Å²) in [7, 11) is 0. The monoisotopic (exact) mass is 280 g/mol. The molecule has 3 aliphatic carbocycles. The number of hydrogen-bond acceptors (Lipinski definition) is 2. The summed E-state index contributed by atoms with van der Waals surface area (Å²) in [5, 5.41) is 0. The lowest BCUT2D eigenvalue weighted by Gasteiger charge is -2.34. The number of ether oxygens (including phenoxy) is 2. The van der Waals surface area contributed by atoms with Crippen LogP contribution >= 0.6 is 0 Å². The molecule has 3 saturated carbocycles. The zero-order valence-corrected chi connectivity index (χ0v) is 13.4. The summed E-state index contributed by atoms with van der Waals surface area (Å²) in [6, 6.07) is 0. The van der Waals surface area contributed by atoms with E-state index in [1.165, 1.54) is 38.5 Å². The molecular formula is C18H32O2. The van der Waals surface area contributed by atoms with Gasteiger partial charge in [0.15, 0.2) is 0 Å². The Hall–Kier alpha value is -0.0800. The summed E-state index contributed by atoms with van der Waals surface area (Å²) in [6.45, 7) is 6.35.